The van der Waals surface area contributed by atoms with Crippen LogP contribution in [0.5, 0.6) is 11.5 Å². The van der Waals surface area contributed by atoms with E-state index in [2.05, 4.69) is 0 Å². The summed E-state index contributed by atoms with van der Waals surface area (Å²) in [5.41, 5.74) is -0.598. The number of benzene rings is 1. The molecular weight excluding hydrogens is 425 g/mol. The Kier molecular flexibility index (Phi) is 4.75. The molecular formula is C21H24ClF3O5. The van der Waals surface area contributed by atoms with E-state index >= 15 is 0 Å². The van der Waals surface area contributed by atoms with Gasteiger partial charge in [0.05, 0.1) is 14.2 Å². The maximum Gasteiger partial charge on any atom is 0.411 e. The monoisotopic (exact) mass is 448 g/mol. The normalized spacial score (nSPS) is 39.3. The average Bonchev–Trinajstić information content (AvgIpc) is 2.67. The molecule has 1 aromatic carbocycles. The first-order chi connectivity index (χ1) is 14.2. The second-order valence-electron chi connectivity index (χ2n) is 8.98. The third-order valence-electron chi connectivity index (χ3n) is 7.43. The molecule has 4 bridgehead atoms. The fourth-order valence-electron chi connectivity index (χ4n) is 6.51. The minimum atomic E-state index is -4.51. The molecule has 1 aromatic rings. The highest BCUT2D eigenvalue weighted by molar-refractivity contribution is 6.33. The number of hydrogen-bond acceptors (Lipinski definition) is 5. The SMILES string of the molecule is COc1cc(C2(OCC(F)(F)F)OOC23C2CC4CC(C2)CC3C4)cc(OC)c1Cl. The summed E-state index contributed by atoms with van der Waals surface area (Å²) < 4.78 is 56.0. The van der Waals surface area contributed by atoms with Crippen LogP contribution in [0.15, 0.2) is 12.1 Å². The van der Waals surface area contributed by atoms with Gasteiger partial charge in [-0.25, -0.2) is 4.89 Å². The van der Waals surface area contributed by atoms with Gasteiger partial charge in [-0.2, -0.15) is 18.1 Å². The lowest BCUT2D eigenvalue weighted by Gasteiger charge is -2.68. The van der Waals surface area contributed by atoms with Crippen molar-refractivity contribution in [3.05, 3.63) is 22.7 Å². The van der Waals surface area contributed by atoms with Gasteiger partial charge in [0.1, 0.15) is 23.1 Å². The van der Waals surface area contributed by atoms with Crippen molar-refractivity contribution >= 4 is 11.6 Å². The van der Waals surface area contributed by atoms with Gasteiger partial charge in [0.25, 0.3) is 5.79 Å². The van der Waals surface area contributed by atoms with Crippen LogP contribution in [0.4, 0.5) is 13.2 Å². The van der Waals surface area contributed by atoms with Crippen molar-refractivity contribution in [2.24, 2.45) is 23.7 Å². The number of halogens is 4. The smallest absolute Gasteiger partial charge is 0.411 e. The van der Waals surface area contributed by atoms with Crippen LogP contribution in [0.25, 0.3) is 0 Å². The molecule has 0 amide bonds. The lowest BCUT2D eigenvalue weighted by Crippen LogP contribution is -2.77. The van der Waals surface area contributed by atoms with E-state index in [1.807, 2.05) is 0 Å². The number of alkyl halides is 3. The lowest BCUT2D eigenvalue weighted by atomic mass is 9.47. The first-order valence-corrected chi connectivity index (χ1v) is 10.6. The van der Waals surface area contributed by atoms with E-state index in [0.717, 1.165) is 25.7 Å². The van der Waals surface area contributed by atoms with Crippen molar-refractivity contribution in [2.45, 2.75) is 49.7 Å². The molecule has 9 heteroatoms. The number of methoxy groups -OCH3 is 2. The minimum Gasteiger partial charge on any atom is -0.495 e. The summed E-state index contributed by atoms with van der Waals surface area (Å²) in [6, 6.07) is 3.13. The fraction of sp³-hybridized carbons (Fsp3) is 0.714. The van der Waals surface area contributed by atoms with Crippen LogP contribution in [-0.4, -0.2) is 32.6 Å². The predicted octanol–water partition coefficient (Wildman–Crippen LogP) is 5.25. The summed E-state index contributed by atoms with van der Waals surface area (Å²) in [6.45, 7) is -1.45. The number of ether oxygens (including phenoxy) is 3. The Morgan fingerprint density at radius 1 is 0.967 bits per heavy atom. The minimum absolute atomic E-state index is 0.0726. The van der Waals surface area contributed by atoms with E-state index in [0.29, 0.717) is 17.4 Å². The Hall–Kier alpha value is -1.22. The largest absolute Gasteiger partial charge is 0.495 e. The van der Waals surface area contributed by atoms with Crippen LogP contribution >= 0.6 is 11.6 Å². The molecule has 4 saturated carbocycles. The van der Waals surface area contributed by atoms with Crippen molar-refractivity contribution in [1.82, 2.24) is 0 Å². The average molecular weight is 449 g/mol. The summed E-state index contributed by atoms with van der Waals surface area (Å²) in [5.74, 6) is 0.183. The van der Waals surface area contributed by atoms with Gasteiger partial charge in [-0.1, -0.05) is 11.6 Å². The second-order valence-corrected chi connectivity index (χ2v) is 9.36. The van der Waals surface area contributed by atoms with Crippen molar-refractivity contribution in [3.63, 3.8) is 0 Å². The van der Waals surface area contributed by atoms with Crippen LogP contribution in [0.2, 0.25) is 5.02 Å². The van der Waals surface area contributed by atoms with Gasteiger partial charge in [-0.15, -0.1) is 0 Å². The van der Waals surface area contributed by atoms with Crippen LogP contribution in [0.1, 0.15) is 37.7 Å². The fourth-order valence-corrected chi connectivity index (χ4v) is 6.77. The first-order valence-electron chi connectivity index (χ1n) is 10.2. The molecule has 5 fully saturated rings. The van der Waals surface area contributed by atoms with E-state index in [4.69, 9.17) is 35.6 Å². The summed E-state index contributed by atoms with van der Waals surface area (Å²) in [6.07, 6.45) is 0.331. The molecule has 1 spiro atoms. The predicted molar refractivity (Wildman–Crippen MR) is 100 cm³/mol. The topological polar surface area (TPSA) is 46.2 Å². The highest BCUT2D eigenvalue weighted by atomic mass is 35.5. The van der Waals surface area contributed by atoms with Crippen LogP contribution in [-0.2, 0) is 20.3 Å². The molecule has 5 nitrogen and oxygen atoms in total. The molecule has 166 valence electrons. The van der Waals surface area contributed by atoms with Crippen LogP contribution in [0.3, 0.4) is 0 Å². The van der Waals surface area contributed by atoms with Crippen LogP contribution in [0, 0.1) is 23.7 Å². The Labute approximate surface area is 177 Å². The molecule has 1 heterocycles. The van der Waals surface area contributed by atoms with E-state index in [9.17, 15) is 13.2 Å². The van der Waals surface area contributed by atoms with E-state index < -0.39 is 24.2 Å². The highest BCUT2D eigenvalue weighted by Crippen LogP contribution is 2.70. The maximum atomic E-state index is 13.2. The first kappa shape index (κ1) is 20.7. The zero-order valence-corrected chi connectivity index (χ0v) is 17.5. The maximum absolute atomic E-state index is 13.2. The van der Waals surface area contributed by atoms with E-state index in [1.165, 1.54) is 20.6 Å². The Morgan fingerprint density at radius 2 is 1.50 bits per heavy atom. The molecule has 0 radical (unpaired) electrons. The summed E-state index contributed by atoms with van der Waals surface area (Å²) in [5, 5.41) is 0.231. The number of hydrogen-bond donors (Lipinski definition) is 0. The van der Waals surface area contributed by atoms with Crippen molar-refractivity contribution in [2.75, 3.05) is 20.8 Å². The quantitative estimate of drug-likeness (QED) is 0.576. The van der Waals surface area contributed by atoms with E-state index in [1.54, 1.807) is 12.1 Å². The highest BCUT2D eigenvalue weighted by Gasteiger charge is 2.77. The molecule has 1 aliphatic heterocycles. The zero-order chi connectivity index (χ0) is 21.3. The van der Waals surface area contributed by atoms with Crippen LogP contribution < -0.4 is 9.47 Å². The Balaban J connectivity index is 1.63. The molecule has 30 heavy (non-hydrogen) atoms. The molecule has 0 aromatic heterocycles. The second kappa shape index (κ2) is 6.89. The van der Waals surface area contributed by atoms with Gasteiger partial charge in [0, 0.05) is 5.56 Å². The standard InChI is InChI=1S/C21H24ClF3O5/c1-26-16-8-15(9-17(27-2)18(16)22)21(28-10-19(23,24)25)20(29-30-21)13-4-11-3-12(6-13)7-14(20)5-11/h8-9,11-14H,3-7,10H2,1-2H3. The van der Waals surface area contributed by atoms with Gasteiger partial charge in [-0.05, 0) is 67.9 Å². The van der Waals surface area contributed by atoms with Crippen molar-refractivity contribution in [1.29, 1.82) is 0 Å². The molecule has 0 N–H and O–H groups in total. The molecule has 4 aliphatic carbocycles. The van der Waals surface area contributed by atoms with Gasteiger partial charge in [-0.3, -0.25) is 0 Å². The molecule has 1 saturated heterocycles. The van der Waals surface area contributed by atoms with Crippen molar-refractivity contribution < 1.29 is 37.2 Å². The Morgan fingerprint density at radius 3 is 1.90 bits per heavy atom. The lowest BCUT2D eigenvalue weighted by molar-refractivity contribution is -0.650. The summed E-state index contributed by atoms with van der Waals surface area (Å²) in [4.78, 5) is 11.3. The third kappa shape index (κ3) is 2.80. The Bertz CT molecular complexity index is 791. The molecule has 1 atom stereocenters. The number of rotatable bonds is 5. The van der Waals surface area contributed by atoms with Crippen molar-refractivity contribution in [3.8, 4) is 11.5 Å². The molecule has 5 aliphatic rings. The van der Waals surface area contributed by atoms with Gasteiger partial charge < -0.3 is 14.2 Å². The van der Waals surface area contributed by atoms with Gasteiger partial charge in [0.2, 0.25) is 0 Å². The third-order valence-corrected chi connectivity index (χ3v) is 7.80. The summed E-state index contributed by atoms with van der Waals surface area (Å²) >= 11 is 6.30. The van der Waals surface area contributed by atoms with E-state index in [-0.39, 0.29) is 28.4 Å². The van der Waals surface area contributed by atoms with Gasteiger partial charge in [0.15, 0.2) is 5.60 Å². The molecule has 1 unspecified atom stereocenters. The zero-order valence-electron chi connectivity index (χ0n) is 16.8. The van der Waals surface area contributed by atoms with Gasteiger partial charge >= 0.3 is 6.18 Å². The summed E-state index contributed by atoms with van der Waals surface area (Å²) in [7, 11) is 2.87. The molecule has 6 rings (SSSR count).